The molecule has 1 amide bonds. The second-order valence-electron chi connectivity index (χ2n) is 3.50. The third-order valence-corrected chi connectivity index (χ3v) is 2.12. The van der Waals surface area contributed by atoms with Gasteiger partial charge in [0.25, 0.3) is 0 Å². The van der Waals surface area contributed by atoms with Gasteiger partial charge in [0, 0.05) is 0 Å². The number of unbranched alkanes of at least 4 members (excludes halogenated alkanes) is 1. The number of hydrogen-bond acceptors (Lipinski definition) is 4. The molecule has 0 spiro atoms. The van der Waals surface area contributed by atoms with E-state index in [9.17, 15) is 9.59 Å². The molecule has 0 fully saturated rings. The SMILES string of the molecule is CCCCC(N)C(=O)N[C@@H](C)C(=O)OC. The van der Waals surface area contributed by atoms with Crippen molar-refractivity contribution in [3.63, 3.8) is 0 Å². The van der Waals surface area contributed by atoms with Crippen molar-refractivity contribution in [2.24, 2.45) is 5.73 Å². The molecule has 0 rings (SSSR count). The lowest BCUT2D eigenvalue weighted by atomic mass is 10.1. The monoisotopic (exact) mass is 216 g/mol. The minimum atomic E-state index is -0.643. The summed E-state index contributed by atoms with van der Waals surface area (Å²) in [5.74, 6) is -0.771. The van der Waals surface area contributed by atoms with Crippen LogP contribution in [0.1, 0.15) is 33.1 Å². The quantitative estimate of drug-likeness (QED) is 0.621. The zero-order chi connectivity index (χ0) is 11.8. The van der Waals surface area contributed by atoms with E-state index in [2.05, 4.69) is 10.1 Å². The Balaban J connectivity index is 3.95. The first kappa shape index (κ1) is 13.9. The van der Waals surface area contributed by atoms with Gasteiger partial charge >= 0.3 is 5.97 Å². The van der Waals surface area contributed by atoms with Crippen molar-refractivity contribution in [1.82, 2.24) is 5.32 Å². The van der Waals surface area contributed by atoms with Crippen molar-refractivity contribution in [3.8, 4) is 0 Å². The Labute approximate surface area is 90.4 Å². The number of nitrogens with one attached hydrogen (secondary N) is 1. The van der Waals surface area contributed by atoms with Gasteiger partial charge in [-0.3, -0.25) is 4.79 Å². The van der Waals surface area contributed by atoms with E-state index in [0.717, 1.165) is 12.8 Å². The number of methoxy groups -OCH3 is 1. The maximum Gasteiger partial charge on any atom is 0.328 e. The minimum absolute atomic E-state index is 0.304. The van der Waals surface area contributed by atoms with Gasteiger partial charge in [0.15, 0.2) is 0 Å². The van der Waals surface area contributed by atoms with Crippen molar-refractivity contribution in [2.45, 2.75) is 45.2 Å². The molecule has 15 heavy (non-hydrogen) atoms. The topological polar surface area (TPSA) is 81.4 Å². The second-order valence-corrected chi connectivity index (χ2v) is 3.50. The van der Waals surface area contributed by atoms with Gasteiger partial charge in [-0.15, -0.1) is 0 Å². The summed E-state index contributed by atoms with van der Waals surface area (Å²) in [6.07, 6.45) is 2.53. The van der Waals surface area contributed by atoms with E-state index < -0.39 is 18.1 Å². The zero-order valence-electron chi connectivity index (χ0n) is 9.58. The highest BCUT2D eigenvalue weighted by Gasteiger charge is 2.19. The Morgan fingerprint density at radius 3 is 2.53 bits per heavy atom. The van der Waals surface area contributed by atoms with Crippen LogP contribution in [0.3, 0.4) is 0 Å². The fourth-order valence-electron chi connectivity index (χ4n) is 1.11. The molecule has 0 aromatic rings. The predicted molar refractivity (Wildman–Crippen MR) is 57.1 cm³/mol. The van der Waals surface area contributed by atoms with Crippen LogP contribution in [0.5, 0.6) is 0 Å². The van der Waals surface area contributed by atoms with Crippen LogP contribution < -0.4 is 11.1 Å². The van der Waals surface area contributed by atoms with Crippen molar-refractivity contribution in [3.05, 3.63) is 0 Å². The smallest absolute Gasteiger partial charge is 0.328 e. The molecule has 0 aliphatic rings. The van der Waals surface area contributed by atoms with Crippen molar-refractivity contribution >= 4 is 11.9 Å². The molecule has 0 aliphatic carbocycles. The van der Waals surface area contributed by atoms with Gasteiger partial charge in [-0.25, -0.2) is 4.79 Å². The number of hydrogen-bond donors (Lipinski definition) is 2. The lowest BCUT2D eigenvalue weighted by molar-refractivity contribution is -0.144. The van der Waals surface area contributed by atoms with Crippen LogP contribution in [0.2, 0.25) is 0 Å². The first-order valence-corrected chi connectivity index (χ1v) is 5.16. The van der Waals surface area contributed by atoms with E-state index in [0.29, 0.717) is 6.42 Å². The van der Waals surface area contributed by atoms with Crippen LogP contribution in [0.4, 0.5) is 0 Å². The highest BCUT2D eigenvalue weighted by atomic mass is 16.5. The molecule has 0 saturated heterocycles. The van der Waals surface area contributed by atoms with E-state index in [1.54, 1.807) is 6.92 Å². The molecule has 88 valence electrons. The van der Waals surface area contributed by atoms with E-state index in [1.165, 1.54) is 7.11 Å². The Morgan fingerprint density at radius 2 is 2.07 bits per heavy atom. The first-order valence-electron chi connectivity index (χ1n) is 5.16. The van der Waals surface area contributed by atoms with Crippen molar-refractivity contribution < 1.29 is 14.3 Å². The lowest BCUT2D eigenvalue weighted by Crippen LogP contribution is -2.47. The normalized spacial score (nSPS) is 14.1. The van der Waals surface area contributed by atoms with Crippen LogP contribution in [0.25, 0.3) is 0 Å². The van der Waals surface area contributed by atoms with Gasteiger partial charge < -0.3 is 15.8 Å². The molecule has 0 bridgehead atoms. The fourth-order valence-corrected chi connectivity index (χ4v) is 1.11. The number of amides is 1. The molecule has 0 aromatic carbocycles. The predicted octanol–water partition coefficient (Wildman–Crippen LogP) is 0.182. The van der Waals surface area contributed by atoms with Gasteiger partial charge in [0.05, 0.1) is 13.2 Å². The lowest BCUT2D eigenvalue weighted by Gasteiger charge is -2.15. The summed E-state index contributed by atoms with van der Waals surface area (Å²) in [5, 5.41) is 2.50. The second kappa shape index (κ2) is 7.23. The average Bonchev–Trinajstić information content (AvgIpc) is 2.24. The molecule has 2 atom stereocenters. The van der Waals surface area contributed by atoms with Crippen molar-refractivity contribution in [2.75, 3.05) is 7.11 Å². The maximum atomic E-state index is 11.4. The van der Waals surface area contributed by atoms with E-state index in [1.807, 2.05) is 6.92 Å². The summed E-state index contributed by atoms with van der Waals surface area (Å²) in [7, 11) is 1.28. The zero-order valence-corrected chi connectivity index (χ0v) is 9.58. The third-order valence-electron chi connectivity index (χ3n) is 2.12. The Kier molecular flexibility index (Phi) is 6.70. The van der Waals surface area contributed by atoms with Crippen LogP contribution in [0.15, 0.2) is 0 Å². The van der Waals surface area contributed by atoms with E-state index in [4.69, 9.17) is 5.73 Å². The van der Waals surface area contributed by atoms with Crippen molar-refractivity contribution in [1.29, 1.82) is 0 Å². The molecule has 0 saturated carbocycles. The third kappa shape index (κ3) is 5.37. The van der Waals surface area contributed by atoms with Gasteiger partial charge in [0.2, 0.25) is 5.91 Å². The number of carbonyl (C=O) groups is 2. The summed E-state index contributed by atoms with van der Waals surface area (Å²) in [4.78, 5) is 22.4. The fraction of sp³-hybridized carbons (Fsp3) is 0.800. The van der Waals surface area contributed by atoms with Gasteiger partial charge in [0.1, 0.15) is 6.04 Å². The molecular formula is C10H20N2O3. The summed E-state index contributed by atoms with van der Waals surface area (Å²) < 4.78 is 4.48. The number of nitrogens with two attached hydrogens (primary N) is 1. The Bertz CT molecular complexity index is 219. The Hall–Kier alpha value is -1.10. The standard InChI is InChI=1S/C10H20N2O3/c1-4-5-6-8(11)9(13)12-7(2)10(14)15-3/h7-8H,4-6,11H2,1-3H3,(H,12,13)/t7-,8?/m0/s1. The molecule has 1 unspecified atom stereocenters. The summed E-state index contributed by atoms with van der Waals surface area (Å²) in [6.45, 7) is 3.60. The summed E-state index contributed by atoms with van der Waals surface area (Å²) in [6, 6.07) is -1.19. The molecule has 3 N–H and O–H groups in total. The van der Waals surface area contributed by atoms with Gasteiger partial charge in [-0.1, -0.05) is 19.8 Å². The number of esters is 1. The van der Waals surface area contributed by atoms with Crippen LogP contribution in [-0.2, 0) is 14.3 Å². The van der Waals surface area contributed by atoms with Crippen LogP contribution in [0, 0.1) is 0 Å². The Morgan fingerprint density at radius 1 is 1.47 bits per heavy atom. The summed E-state index contributed by atoms with van der Waals surface area (Å²) in [5.41, 5.74) is 5.63. The van der Waals surface area contributed by atoms with E-state index >= 15 is 0 Å². The highest BCUT2D eigenvalue weighted by molar-refractivity contribution is 5.87. The first-order chi connectivity index (χ1) is 7.02. The maximum absolute atomic E-state index is 11.4. The number of ether oxygens (including phenoxy) is 1. The summed E-state index contributed by atoms with van der Waals surface area (Å²) >= 11 is 0. The molecule has 5 heteroatoms. The molecule has 0 radical (unpaired) electrons. The van der Waals surface area contributed by atoms with Gasteiger partial charge in [-0.05, 0) is 13.3 Å². The average molecular weight is 216 g/mol. The number of rotatable bonds is 6. The highest BCUT2D eigenvalue weighted by Crippen LogP contribution is 1.98. The largest absolute Gasteiger partial charge is 0.467 e. The molecule has 5 nitrogen and oxygen atoms in total. The van der Waals surface area contributed by atoms with Crippen LogP contribution >= 0.6 is 0 Å². The van der Waals surface area contributed by atoms with E-state index in [-0.39, 0.29) is 5.91 Å². The minimum Gasteiger partial charge on any atom is -0.467 e. The molecule has 0 heterocycles. The number of carbonyl (C=O) groups excluding carboxylic acids is 2. The molecule has 0 aromatic heterocycles. The van der Waals surface area contributed by atoms with Gasteiger partial charge in [-0.2, -0.15) is 0 Å². The molecule has 0 aliphatic heterocycles. The van der Waals surface area contributed by atoms with Crippen LogP contribution in [-0.4, -0.2) is 31.1 Å². The molecular weight excluding hydrogens is 196 g/mol.